The van der Waals surface area contributed by atoms with Gasteiger partial charge in [0.05, 0.1) is 12.5 Å². The molecule has 74 valence electrons. The highest BCUT2D eigenvalue weighted by atomic mass is 16.2. The molecule has 1 aliphatic heterocycles. The second-order valence-corrected chi connectivity index (χ2v) is 3.43. The number of carbonyl (C=O) groups is 2. The van der Waals surface area contributed by atoms with E-state index >= 15 is 0 Å². The van der Waals surface area contributed by atoms with Crippen molar-refractivity contribution in [3.63, 3.8) is 0 Å². The Kier molecular flexibility index (Phi) is 3.39. The maximum atomic E-state index is 11.1. The molecule has 0 saturated carbocycles. The zero-order chi connectivity index (χ0) is 9.84. The van der Waals surface area contributed by atoms with Crippen molar-refractivity contribution in [1.29, 1.82) is 0 Å². The molecule has 0 aromatic carbocycles. The van der Waals surface area contributed by atoms with E-state index in [1.807, 2.05) is 19.0 Å². The molecule has 13 heavy (non-hydrogen) atoms. The van der Waals surface area contributed by atoms with Crippen molar-refractivity contribution in [2.45, 2.75) is 12.5 Å². The highest BCUT2D eigenvalue weighted by Crippen LogP contribution is 2.00. The van der Waals surface area contributed by atoms with Crippen LogP contribution in [0, 0.1) is 0 Å². The fraction of sp³-hybridized carbons (Fsp3) is 0.750. The number of rotatable bonds is 4. The van der Waals surface area contributed by atoms with Gasteiger partial charge in [-0.3, -0.25) is 14.9 Å². The Morgan fingerprint density at radius 3 is 2.69 bits per heavy atom. The molecule has 1 saturated heterocycles. The maximum Gasteiger partial charge on any atom is 0.244 e. The second-order valence-electron chi connectivity index (χ2n) is 3.43. The summed E-state index contributed by atoms with van der Waals surface area (Å²) in [5.74, 6) is -0.392. The normalized spacial score (nSPS) is 22.5. The molecule has 0 aliphatic carbocycles. The average Bonchev–Trinajstić information content (AvgIpc) is 2.29. The van der Waals surface area contributed by atoms with Crippen molar-refractivity contribution in [2.24, 2.45) is 0 Å². The van der Waals surface area contributed by atoms with Crippen LogP contribution in [0.5, 0.6) is 0 Å². The molecule has 0 aromatic heterocycles. The Balaban J connectivity index is 2.22. The van der Waals surface area contributed by atoms with Crippen molar-refractivity contribution in [3.8, 4) is 0 Å². The number of imide groups is 1. The number of nitrogens with one attached hydrogen (secondary N) is 2. The second kappa shape index (κ2) is 4.34. The average molecular weight is 185 g/mol. The van der Waals surface area contributed by atoms with E-state index in [2.05, 4.69) is 10.6 Å². The van der Waals surface area contributed by atoms with E-state index in [1.165, 1.54) is 0 Å². The van der Waals surface area contributed by atoms with Crippen LogP contribution >= 0.6 is 0 Å². The van der Waals surface area contributed by atoms with Crippen LogP contribution in [0.3, 0.4) is 0 Å². The quantitative estimate of drug-likeness (QED) is 0.526. The minimum absolute atomic E-state index is 0.188. The first-order valence-corrected chi connectivity index (χ1v) is 4.31. The van der Waals surface area contributed by atoms with E-state index in [4.69, 9.17) is 0 Å². The Hall–Kier alpha value is -0.940. The molecule has 1 atom stereocenters. The highest BCUT2D eigenvalue weighted by Gasteiger charge is 2.29. The lowest BCUT2D eigenvalue weighted by atomic mass is 10.2. The molecule has 0 spiro atoms. The molecular weight excluding hydrogens is 170 g/mol. The van der Waals surface area contributed by atoms with Gasteiger partial charge in [0.15, 0.2) is 0 Å². The summed E-state index contributed by atoms with van der Waals surface area (Å²) in [6.07, 6.45) is 0.270. The molecule has 1 aliphatic rings. The number of nitrogens with zero attached hydrogens (tertiary/aromatic N) is 1. The summed E-state index contributed by atoms with van der Waals surface area (Å²) in [5, 5.41) is 5.27. The molecule has 1 unspecified atom stereocenters. The minimum atomic E-state index is -0.326. The summed E-state index contributed by atoms with van der Waals surface area (Å²) < 4.78 is 0. The van der Waals surface area contributed by atoms with Crippen LogP contribution < -0.4 is 10.6 Å². The van der Waals surface area contributed by atoms with Gasteiger partial charge in [-0.25, -0.2) is 0 Å². The number of carbonyl (C=O) groups excluding carboxylic acids is 2. The third kappa shape index (κ3) is 3.12. The van der Waals surface area contributed by atoms with Crippen LogP contribution in [0.1, 0.15) is 6.42 Å². The summed E-state index contributed by atoms with van der Waals surface area (Å²) in [7, 11) is 3.92. The lowest BCUT2D eigenvalue weighted by Gasteiger charge is -2.12. The summed E-state index contributed by atoms with van der Waals surface area (Å²) in [6.45, 7) is 1.58. The SMILES string of the molecule is CN(C)CCNC1CC(=O)NC1=O. The molecule has 1 heterocycles. The fourth-order valence-electron chi connectivity index (χ4n) is 1.18. The first-order valence-electron chi connectivity index (χ1n) is 4.31. The van der Waals surface area contributed by atoms with E-state index in [0.29, 0.717) is 0 Å². The van der Waals surface area contributed by atoms with Crippen molar-refractivity contribution >= 4 is 11.8 Å². The summed E-state index contributed by atoms with van der Waals surface area (Å²) in [6, 6.07) is -0.326. The molecular formula is C8H15N3O2. The summed E-state index contributed by atoms with van der Waals surface area (Å²) in [5.41, 5.74) is 0. The standard InChI is InChI=1S/C8H15N3O2/c1-11(2)4-3-9-6-5-7(12)10-8(6)13/h6,9H,3-5H2,1-2H3,(H,10,12,13). The molecule has 0 bridgehead atoms. The third-order valence-corrected chi connectivity index (χ3v) is 1.92. The molecule has 5 nitrogen and oxygen atoms in total. The topological polar surface area (TPSA) is 61.4 Å². The fourth-order valence-corrected chi connectivity index (χ4v) is 1.18. The van der Waals surface area contributed by atoms with Gasteiger partial charge in [-0.1, -0.05) is 0 Å². The van der Waals surface area contributed by atoms with E-state index in [9.17, 15) is 9.59 Å². The van der Waals surface area contributed by atoms with Crippen LogP contribution in [0.15, 0.2) is 0 Å². The molecule has 2 N–H and O–H groups in total. The van der Waals surface area contributed by atoms with E-state index in [-0.39, 0.29) is 24.3 Å². The lowest BCUT2D eigenvalue weighted by molar-refractivity contribution is -0.125. The van der Waals surface area contributed by atoms with Crippen LogP contribution in [-0.2, 0) is 9.59 Å². The van der Waals surface area contributed by atoms with Crippen LogP contribution in [-0.4, -0.2) is 49.9 Å². The monoisotopic (exact) mass is 185 g/mol. The Morgan fingerprint density at radius 1 is 1.54 bits per heavy atom. The van der Waals surface area contributed by atoms with Crippen LogP contribution in [0.25, 0.3) is 0 Å². The van der Waals surface area contributed by atoms with Crippen LogP contribution in [0.2, 0.25) is 0 Å². The molecule has 0 aromatic rings. The predicted octanol–water partition coefficient (Wildman–Crippen LogP) is -1.45. The Bertz CT molecular complexity index is 215. The number of hydrogen-bond acceptors (Lipinski definition) is 4. The van der Waals surface area contributed by atoms with Gasteiger partial charge in [-0.15, -0.1) is 0 Å². The van der Waals surface area contributed by atoms with Gasteiger partial charge < -0.3 is 10.2 Å². The van der Waals surface area contributed by atoms with Gasteiger partial charge in [0.25, 0.3) is 0 Å². The van der Waals surface area contributed by atoms with Crippen molar-refractivity contribution in [3.05, 3.63) is 0 Å². The van der Waals surface area contributed by atoms with E-state index in [1.54, 1.807) is 0 Å². The van der Waals surface area contributed by atoms with Crippen molar-refractivity contribution in [1.82, 2.24) is 15.5 Å². The Morgan fingerprint density at radius 2 is 2.23 bits per heavy atom. The van der Waals surface area contributed by atoms with Crippen LogP contribution in [0.4, 0.5) is 0 Å². The maximum absolute atomic E-state index is 11.1. The highest BCUT2D eigenvalue weighted by molar-refractivity contribution is 6.05. The Labute approximate surface area is 77.5 Å². The minimum Gasteiger partial charge on any atom is -0.308 e. The lowest BCUT2D eigenvalue weighted by Crippen LogP contribution is -2.39. The van der Waals surface area contributed by atoms with Gasteiger partial charge in [-0.05, 0) is 14.1 Å². The summed E-state index contributed by atoms with van der Waals surface area (Å²) in [4.78, 5) is 23.8. The molecule has 1 rings (SSSR count). The molecule has 0 radical (unpaired) electrons. The molecule has 5 heteroatoms. The van der Waals surface area contributed by atoms with Gasteiger partial charge in [0.2, 0.25) is 11.8 Å². The van der Waals surface area contributed by atoms with Crippen molar-refractivity contribution in [2.75, 3.05) is 27.2 Å². The molecule has 2 amide bonds. The van der Waals surface area contributed by atoms with Gasteiger partial charge in [-0.2, -0.15) is 0 Å². The largest absolute Gasteiger partial charge is 0.308 e. The van der Waals surface area contributed by atoms with Gasteiger partial charge >= 0.3 is 0 Å². The van der Waals surface area contributed by atoms with E-state index < -0.39 is 0 Å². The smallest absolute Gasteiger partial charge is 0.244 e. The predicted molar refractivity (Wildman–Crippen MR) is 48.1 cm³/mol. The third-order valence-electron chi connectivity index (χ3n) is 1.92. The number of amides is 2. The first kappa shape index (κ1) is 10.1. The zero-order valence-corrected chi connectivity index (χ0v) is 7.96. The van der Waals surface area contributed by atoms with Gasteiger partial charge in [0.1, 0.15) is 0 Å². The first-order chi connectivity index (χ1) is 6.09. The van der Waals surface area contributed by atoms with E-state index in [0.717, 1.165) is 13.1 Å². The molecule has 1 fully saturated rings. The number of hydrogen-bond donors (Lipinski definition) is 2. The van der Waals surface area contributed by atoms with Crippen molar-refractivity contribution < 1.29 is 9.59 Å². The zero-order valence-electron chi connectivity index (χ0n) is 7.96. The summed E-state index contributed by atoms with van der Waals surface area (Å²) >= 11 is 0. The van der Waals surface area contributed by atoms with Gasteiger partial charge in [0, 0.05) is 13.1 Å². The number of likely N-dealkylation sites (N-methyl/N-ethyl adjacent to an activating group) is 1.